The highest BCUT2D eigenvalue weighted by atomic mass is 79.9. The van der Waals surface area contributed by atoms with Crippen molar-refractivity contribution in [1.82, 2.24) is 15.1 Å². The van der Waals surface area contributed by atoms with E-state index in [0.29, 0.717) is 6.04 Å². The van der Waals surface area contributed by atoms with Crippen molar-refractivity contribution in [2.45, 2.75) is 12.5 Å². The van der Waals surface area contributed by atoms with Gasteiger partial charge in [0.15, 0.2) is 5.75 Å². The van der Waals surface area contributed by atoms with Crippen molar-refractivity contribution in [2.24, 2.45) is 7.05 Å². The molecule has 1 unspecified atom stereocenters. The largest absolute Gasteiger partial charge is 0.487 e. The second kappa shape index (κ2) is 3.67. The average molecular weight is 246 g/mol. The molecule has 13 heavy (non-hydrogen) atoms. The molecule has 0 aliphatic carbocycles. The van der Waals surface area contributed by atoms with Crippen LogP contribution in [0.3, 0.4) is 0 Å². The molecule has 2 heterocycles. The molecule has 1 aromatic heterocycles. The Kier molecular flexibility index (Phi) is 2.55. The summed E-state index contributed by atoms with van der Waals surface area (Å²) in [5.74, 6) is 0.816. The van der Waals surface area contributed by atoms with Crippen LogP contribution in [0.25, 0.3) is 0 Å². The highest BCUT2D eigenvalue weighted by Crippen LogP contribution is 2.23. The SMILES string of the molecule is Cn1ncc(OCC2CCN2)c1Br. The van der Waals surface area contributed by atoms with Crippen molar-refractivity contribution < 1.29 is 4.74 Å². The highest BCUT2D eigenvalue weighted by molar-refractivity contribution is 9.10. The molecular formula is C8H12BrN3O. The monoisotopic (exact) mass is 245 g/mol. The molecule has 1 fully saturated rings. The van der Waals surface area contributed by atoms with Gasteiger partial charge < -0.3 is 10.1 Å². The van der Waals surface area contributed by atoms with E-state index in [-0.39, 0.29) is 0 Å². The Morgan fingerprint density at radius 1 is 1.85 bits per heavy atom. The van der Waals surface area contributed by atoms with Gasteiger partial charge in [-0.15, -0.1) is 0 Å². The average Bonchev–Trinajstić information content (AvgIpc) is 2.33. The van der Waals surface area contributed by atoms with E-state index in [4.69, 9.17) is 4.74 Å². The first-order valence-electron chi connectivity index (χ1n) is 4.31. The molecule has 1 saturated heterocycles. The molecule has 72 valence electrons. The second-order valence-corrected chi connectivity index (χ2v) is 3.93. The van der Waals surface area contributed by atoms with Crippen LogP contribution >= 0.6 is 15.9 Å². The van der Waals surface area contributed by atoms with Crippen LogP contribution < -0.4 is 10.1 Å². The van der Waals surface area contributed by atoms with Gasteiger partial charge in [-0.05, 0) is 28.9 Å². The highest BCUT2D eigenvalue weighted by Gasteiger charge is 2.17. The Morgan fingerprint density at radius 3 is 3.08 bits per heavy atom. The minimum Gasteiger partial charge on any atom is -0.487 e. The van der Waals surface area contributed by atoms with E-state index in [0.717, 1.165) is 23.5 Å². The lowest BCUT2D eigenvalue weighted by Gasteiger charge is -2.27. The fourth-order valence-corrected chi connectivity index (χ4v) is 1.49. The van der Waals surface area contributed by atoms with Crippen LogP contribution in [0.5, 0.6) is 5.75 Å². The zero-order valence-electron chi connectivity index (χ0n) is 7.46. The van der Waals surface area contributed by atoms with Crippen LogP contribution in [0.15, 0.2) is 10.8 Å². The summed E-state index contributed by atoms with van der Waals surface area (Å²) in [5, 5.41) is 7.34. The number of hydrogen-bond acceptors (Lipinski definition) is 3. The van der Waals surface area contributed by atoms with Gasteiger partial charge >= 0.3 is 0 Å². The maximum absolute atomic E-state index is 5.57. The van der Waals surface area contributed by atoms with Crippen molar-refractivity contribution in [3.8, 4) is 5.75 Å². The smallest absolute Gasteiger partial charge is 0.171 e. The first kappa shape index (κ1) is 9.02. The number of nitrogens with one attached hydrogen (secondary N) is 1. The molecule has 0 aromatic carbocycles. The van der Waals surface area contributed by atoms with E-state index in [1.54, 1.807) is 10.9 Å². The van der Waals surface area contributed by atoms with E-state index < -0.39 is 0 Å². The summed E-state index contributed by atoms with van der Waals surface area (Å²) in [5.41, 5.74) is 0. The fraction of sp³-hybridized carbons (Fsp3) is 0.625. The predicted octanol–water partition coefficient (Wildman–Crippen LogP) is 0.923. The van der Waals surface area contributed by atoms with Crippen molar-refractivity contribution in [1.29, 1.82) is 0 Å². The molecule has 1 atom stereocenters. The van der Waals surface area contributed by atoms with E-state index in [2.05, 4.69) is 26.3 Å². The van der Waals surface area contributed by atoms with Crippen LogP contribution in [-0.2, 0) is 7.05 Å². The first-order chi connectivity index (χ1) is 6.27. The van der Waals surface area contributed by atoms with Gasteiger partial charge in [0.2, 0.25) is 0 Å². The van der Waals surface area contributed by atoms with Crippen molar-refractivity contribution in [3.63, 3.8) is 0 Å². The normalized spacial score (nSPS) is 21.2. The van der Waals surface area contributed by atoms with E-state index >= 15 is 0 Å². The van der Waals surface area contributed by atoms with Crippen LogP contribution in [0.1, 0.15) is 6.42 Å². The number of aromatic nitrogens is 2. The summed E-state index contributed by atoms with van der Waals surface area (Å²) in [6, 6.07) is 0.520. The van der Waals surface area contributed by atoms with Gasteiger partial charge in [-0.3, -0.25) is 4.68 Å². The summed E-state index contributed by atoms with van der Waals surface area (Å²) in [7, 11) is 1.87. The number of hydrogen-bond donors (Lipinski definition) is 1. The molecule has 1 N–H and O–H groups in total. The maximum atomic E-state index is 5.57. The van der Waals surface area contributed by atoms with Gasteiger partial charge in [0.25, 0.3) is 0 Å². The number of halogens is 1. The topological polar surface area (TPSA) is 39.1 Å². The quantitative estimate of drug-likeness (QED) is 0.862. The van der Waals surface area contributed by atoms with Gasteiger partial charge in [0.05, 0.1) is 6.20 Å². The molecule has 4 nitrogen and oxygen atoms in total. The number of rotatable bonds is 3. The van der Waals surface area contributed by atoms with Crippen LogP contribution in [0.4, 0.5) is 0 Å². The Morgan fingerprint density at radius 2 is 2.62 bits per heavy atom. The molecule has 1 aromatic rings. The Balaban J connectivity index is 1.89. The van der Waals surface area contributed by atoms with Gasteiger partial charge in [-0.25, -0.2) is 0 Å². The van der Waals surface area contributed by atoms with Gasteiger partial charge in [0, 0.05) is 13.1 Å². The van der Waals surface area contributed by atoms with Crippen molar-refractivity contribution in [2.75, 3.05) is 13.2 Å². The molecule has 0 radical (unpaired) electrons. The van der Waals surface area contributed by atoms with Gasteiger partial charge in [-0.2, -0.15) is 5.10 Å². The zero-order chi connectivity index (χ0) is 9.26. The molecule has 0 bridgehead atoms. The Labute approximate surface area is 85.4 Å². The lowest BCUT2D eigenvalue weighted by molar-refractivity contribution is 0.216. The van der Waals surface area contributed by atoms with Gasteiger partial charge in [0.1, 0.15) is 11.2 Å². The summed E-state index contributed by atoms with van der Waals surface area (Å²) in [6.45, 7) is 1.84. The number of nitrogens with zero attached hydrogens (tertiary/aromatic N) is 2. The summed E-state index contributed by atoms with van der Waals surface area (Å²) >= 11 is 3.40. The fourth-order valence-electron chi connectivity index (χ4n) is 1.18. The maximum Gasteiger partial charge on any atom is 0.171 e. The molecule has 0 amide bonds. The predicted molar refractivity (Wildman–Crippen MR) is 52.8 cm³/mol. The third-order valence-corrected chi connectivity index (χ3v) is 3.11. The Bertz CT molecular complexity index is 296. The van der Waals surface area contributed by atoms with Crippen LogP contribution in [0.2, 0.25) is 0 Å². The second-order valence-electron chi connectivity index (χ2n) is 3.17. The van der Waals surface area contributed by atoms with Crippen LogP contribution in [-0.4, -0.2) is 29.0 Å². The molecule has 0 saturated carbocycles. The molecule has 1 aliphatic rings. The third kappa shape index (κ3) is 1.86. The van der Waals surface area contributed by atoms with E-state index in [1.807, 2.05) is 7.05 Å². The summed E-state index contributed by atoms with van der Waals surface area (Å²) in [4.78, 5) is 0. The standard InChI is InChI=1S/C8H12BrN3O/c1-12-8(9)7(4-11-12)13-5-6-2-3-10-6/h4,6,10H,2-3,5H2,1H3. The van der Waals surface area contributed by atoms with Crippen LogP contribution in [0, 0.1) is 0 Å². The number of ether oxygens (including phenoxy) is 1. The minimum absolute atomic E-state index is 0.520. The van der Waals surface area contributed by atoms with Gasteiger partial charge in [-0.1, -0.05) is 0 Å². The third-order valence-electron chi connectivity index (χ3n) is 2.20. The number of aryl methyl sites for hydroxylation is 1. The minimum atomic E-state index is 0.520. The first-order valence-corrected chi connectivity index (χ1v) is 5.10. The van der Waals surface area contributed by atoms with E-state index in [1.165, 1.54) is 6.42 Å². The zero-order valence-corrected chi connectivity index (χ0v) is 9.04. The Hall–Kier alpha value is -0.550. The summed E-state index contributed by atoms with van der Waals surface area (Å²) in [6.07, 6.45) is 2.93. The molecule has 5 heteroatoms. The summed E-state index contributed by atoms with van der Waals surface area (Å²) < 4.78 is 8.20. The lowest BCUT2D eigenvalue weighted by Crippen LogP contribution is -2.46. The molecule has 0 spiro atoms. The lowest BCUT2D eigenvalue weighted by atomic mass is 10.1. The van der Waals surface area contributed by atoms with Crippen molar-refractivity contribution >= 4 is 15.9 Å². The van der Waals surface area contributed by atoms with Crippen molar-refractivity contribution in [3.05, 3.63) is 10.8 Å². The molecular weight excluding hydrogens is 234 g/mol. The molecule has 2 rings (SSSR count). The molecule has 1 aliphatic heterocycles. The van der Waals surface area contributed by atoms with E-state index in [9.17, 15) is 0 Å².